The van der Waals surface area contributed by atoms with Crippen LogP contribution in [0.2, 0.25) is 0 Å². The summed E-state index contributed by atoms with van der Waals surface area (Å²) < 4.78 is 32.6. The van der Waals surface area contributed by atoms with E-state index in [4.69, 9.17) is 4.52 Å². The number of hydrogen-bond acceptors (Lipinski definition) is 8. The summed E-state index contributed by atoms with van der Waals surface area (Å²) in [6.45, 7) is 5.71. The van der Waals surface area contributed by atoms with E-state index in [1.807, 2.05) is 42.2 Å². The van der Waals surface area contributed by atoms with Crippen molar-refractivity contribution < 1.29 is 17.7 Å². The average molecular weight is 504 g/mol. The molecule has 1 aliphatic heterocycles. The molecule has 0 bridgehead atoms. The number of hydrogen-bond donors (Lipinski definition) is 0. The maximum atomic E-state index is 12.7. The molecule has 1 fully saturated rings. The summed E-state index contributed by atoms with van der Waals surface area (Å²) in [6, 6.07) is 13.3. The summed E-state index contributed by atoms with van der Waals surface area (Å²) in [7, 11) is -3.42. The molecule has 0 atom stereocenters. The van der Waals surface area contributed by atoms with Crippen LogP contribution in [0.15, 0.2) is 56.6 Å². The predicted octanol–water partition coefficient (Wildman–Crippen LogP) is 2.62. The van der Waals surface area contributed by atoms with Crippen LogP contribution >= 0.6 is 11.3 Å². The topological polar surface area (TPSA) is 99.9 Å². The number of thiophene rings is 1. The first-order chi connectivity index (χ1) is 16.5. The Bertz CT molecular complexity index is 1160. The van der Waals surface area contributed by atoms with Gasteiger partial charge in [0.25, 0.3) is 10.0 Å². The molecule has 1 saturated heterocycles. The molecule has 0 saturated carbocycles. The van der Waals surface area contributed by atoms with Crippen LogP contribution in [0, 0.1) is 0 Å². The summed E-state index contributed by atoms with van der Waals surface area (Å²) in [6.07, 6.45) is 0.700. The van der Waals surface area contributed by atoms with Gasteiger partial charge in [-0.2, -0.15) is 9.29 Å². The van der Waals surface area contributed by atoms with Crippen LogP contribution in [-0.2, 0) is 34.3 Å². The number of rotatable bonds is 10. The summed E-state index contributed by atoms with van der Waals surface area (Å²) in [5.74, 6) is 1.04. The summed E-state index contributed by atoms with van der Waals surface area (Å²) in [4.78, 5) is 21.0. The van der Waals surface area contributed by atoms with Crippen molar-refractivity contribution in [3.05, 3.63) is 65.1 Å². The lowest BCUT2D eigenvalue weighted by molar-refractivity contribution is -0.131. The van der Waals surface area contributed by atoms with Crippen molar-refractivity contribution in [2.24, 2.45) is 0 Å². The Balaban J connectivity index is 1.23. The molecule has 1 aliphatic rings. The van der Waals surface area contributed by atoms with Crippen molar-refractivity contribution in [2.75, 3.05) is 32.7 Å². The average Bonchev–Trinajstić information content (AvgIpc) is 3.55. The monoisotopic (exact) mass is 503 g/mol. The smallest absolute Gasteiger partial charge is 0.252 e. The quantitative estimate of drug-likeness (QED) is 0.419. The molecule has 1 aromatic carbocycles. The lowest BCUT2D eigenvalue weighted by Crippen LogP contribution is -2.48. The molecule has 0 N–H and O–H groups in total. The van der Waals surface area contributed by atoms with Crippen molar-refractivity contribution in [3.63, 3.8) is 0 Å². The highest BCUT2D eigenvalue weighted by Crippen LogP contribution is 2.22. The van der Waals surface area contributed by atoms with Gasteiger partial charge in [0.15, 0.2) is 5.82 Å². The predicted molar refractivity (Wildman–Crippen MR) is 129 cm³/mol. The molecule has 2 aromatic heterocycles. The lowest BCUT2D eigenvalue weighted by Gasteiger charge is -2.32. The van der Waals surface area contributed by atoms with Crippen LogP contribution in [0.1, 0.15) is 30.6 Å². The minimum Gasteiger partial charge on any atom is -0.339 e. The van der Waals surface area contributed by atoms with Crippen LogP contribution < -0.4 is 0 Å². The van der Waals surface area contributed by atoms with Gasteiger partial charge in [-0.15, -0.1) is 11.3 Å². The van der Waals surface area contributed by atoms with Crippen LogP contribution in [0.4, 0.5) is 0 Å². The van der Waals surface area contributed by atoms with Crippen molar-refractivity contribution in [1.82, 2.24) is 24.2 Å². The van der Waals surface area contributed by atoms with Gasteiger partial charge < -0.3 is 9.42 Å². The zero-order valence-electron chi connectivity index (χ0n) is 19.2. The number of benzene rings is 1. The van der Waals surface area contributed by atoms with Crippen LogP contribution in [0.25, 0.3) is 0 Å². The first kappa shape index (κ1) is 24.5. The third-order valence-electron chi connectivity index (χ3n) is 5.80. The second-order valence-corrected chi connectivity index (χ2v) is 11.2. The van der Waals surface area contributed by atoms with Crippen LogP contribution in [-0.4, -0.2) is 71.3 Å². The minimum absolute atomic E-state index is 0.0502. The standard InChI is InChI=1S/C23H29N5O4S2/c1-2-27(17-19-7-4-3-5-8-19)22(29)11-10-21-24-20(25-32-21)18-26-12-14-28(15-13-26)34(30,31)23-9-6-16-33-23/h3-9,16H,2,10-15,17-18H2,1H3. The fourth-order valence-corrected chi connectivity index (χ4v) is 6.44. The van der Waals surface area contributed by atoms with Gasteiger partial charge in [-0.3, -0.25) is 9.69 Å². The fraction of sp³-hybridized carbons (Fsp3) is 0.435. The second-order valence-electron chi connectivity index (χ2n) is 8.11. The number of aromatic nitrogens is 2. The maximum absolute atomic E-state index is 12.7. The van der Waals surface area contributed by atoms with Crippen molar-refractivity contribution in [3.8, 4) is 0 Å². The number of carbonyl (C=O) groups is 1. The Labute approximate surface area is 204 Å². The largest absolute Gasteiger partial charge is 0.339 e. The van der Waals surface area contributed by atoms with Gasteiger partial charge in [0.1, 0.15) is 4.21 Å². The van der Waals surface area contributed by atoms with E-state index in [9.17, 15) is 13.2 Å². The molecule has 0 radical (unpaired) electrons. The first-order valence-corrected chi connectivity index (χ1v) is 13.7. The van der Waals surface area contributed by atoms with E-state index in [0.29, 0.717) is 74.6 Å². The summed E-state index contributed by atoms with van der Waals surface area (Å²) in [5, 5.41) is 5.82. The highest BCUT2D eigenvalue weighted by Gasteiger charge is 2.29. The van der Waals surface area contributed by atoms with E-state index < -0.39 is 10.0 Å². The molecule has 1 amide bonds. The molecule has 3 aromatic rings. The van der Waals surface area contributed by atoms with Crippen molar-refractivity contribution >= 4 is 27.3 Å². The Morgan fingerprint density at radius 1 is 1.12 bits per heavy atom. The molecule has 0 aliphatic carbocycles. The molecule has 182 valence electrons. The van der Waals surface area contributed by atoms with E-state index in [-0.39, 0.29) is 5.91 Å². The molecule has 9 nitrogen and oxygen atoms in total. The molecular weight excluding hydrogens is 474 g/mol. The summed E-state index contributed by atoms with van der Waals surface area (Å²) >= 11 is 1.24. The molecule has 0 spiro atoms. The number of nitrogens with zero attached hydrogens (tertiary/aromatic N) is 5. The van der Waals surface area contributed by atoms with Crippen molar-refractivity contribution in [2.45, 2.75) is 37.1 Å². The Morgan fingerprint density at radius 2 is 1.88 bits per heavy atom. The van der Waals surface area contributed by atoms with Crippen LogP contribution in [0.5, 0.6) is 0 Å². The highest BCUT2D eigenvalue weighted by atomic mass is 32.2. The fourth-order valence-electron chi connectivity index (χ4n) is 3.87. The van der Waals surface area contributed by atoms with E-state index in [2.05, 4.69) is 15.0 Å². The number of piperazine rings is 1. The lowest BCUT2D eigenvalue weighted by atomic mass is 10.2. The number of aryl methyl sites for hydroxylation is 1. The van der Waals surface area contributed by atoms with E-state index in [0.717, 1.165) is 5.56 Å². The third kappa shape index (κ3) is 6.09. The van der Waals surface area contributed by atoms with Crippen LogP contribution in [0.3, 0.4) is 0 Å². The van der Waals surface area contributed by atoms with Gasteiger partial charge >= 0.3 is 0 Å². The zero-order valence-corrected chi connectivity index (χ0v) is 20.8. The normalized spacial score (nSPS) is 15.4. The highest BCUT2D eigenvalue weighted by molar-refractivity contribution is 7.91. The molecule has 4 rings (SSSR count). The zero-order chi connectivity index (χ0) is 24.0. The van der Waals surface area contributed by atoms with E-state index in [1.165, 1.54) is 15.6 Å². The van der Waals surface area contributed by atoms with E-state index in [1.54, 1.807) is 17.5 Å². The summed E-state index contributed by atoms with van der Waals surface area (Å²) in [5.41, 5.74) is 1.10. The SMILES string of the molecule is CCN(Cc1ccccc1)C(=O)CCc1nc(CN2CCN(S(=O)(=O)c3cccs3)CC2)no1. The Kier molecular flexibility index (Phi) is 8.09. The minimum atomic E-state index is -3.42. The van der Waals surface area contributed by atoms with Gasteiger partial charge in [-0.05, 0) is 23.9 Å². The number of sulfonamides is 1. The first-order valence-electron chi connectivity index (χ1n) is 11.3. The second kappa shape index (κ2) is 11.2. The third-order valence-corrected chi connectivity index (χ3v) is 9.07. The number of carbonyl (C=O) groups excluding carboxylic acids is 1. The molecule has 34 heavy (non-hydrogen) atoms. The molecule has 0 unspecified atom stereocenters. The van der Waals surface area contributed by atoms with Gasteiger partial charge in [-0.1, -0.05) is 41.6 Å². The van der Waals surface area contributed by atoms with Gasteiger partial charge in [0, 0.05) is 52.1 Å². The van der Waals surface area contributed by atoms with Gasteiger partial charge in [-0.25, -0.2) is 8.42 Å². The van der Waals surface area contributed by atoms with Crippen molar-refractivity contribution in [1.29, 1.82) is 0 Å². The number of amides is 1. The molecular formula is C23H29N5O4S2. The molecule has 11 heteroatoms. The van der Waals surface area contributed by atoms with Gasteiger partial charge in [0.05, 0.1) is 6.54 Å². The Morgan fingerprint density at radius 3 is 2.56 bits per heavy atom. The van der Waals surface area contributed by atoms with Gasteiger partial charge in [0.2, 0.25) is 11.8 Å². The molecule has 3 heterocycles. The maximum Gasteiger partial charge on any atom is 0.252 e. The van der Waals surface area contributed by atoms with E-state index >= 15 is 0 Å². The Hall–Kier alpha value is -2.60.